The number of carbonyl (C=O) groups is 3. The Morgan fingerprint density at radius 3 is 2.29 bits per heavy atom. The smallest absolute Gasteiger partial charge is 0.269 e. The second-order valence-corrected chi connectivity index (χ2v) is 8.43. The van der Waals surface area contributed by atoms with Gasteiger partial charge in [-0.15, -0.1) is 0 Å². The first-order valence-electron chi connectivity index (χ1n) is 11.3. The fourth-order valence-corrected chi connectivity index (χ4v) is 3.77. The summed E-state index contributed by atoms with van der Waals surface area (Å²) in [6.45, 7) is 2.15. The molecule has 4 N–H and O–H groups in total. The molecular formula is C23H34N4O3S. The van der Waals surface area contributed by atoms with Crippen molar-refractivity contribution in [3.05, 3.63) is 29.8 Å². The third kappa shape index (κ3) is 9.46. The molecule has 2 rings (SSSR count). The summed E-state index contributed by atoms with van der Waals surface area (Å²) in [5.41, 5.74) is 6.09. The molecule has 0 saturated heterocycles. The van der Waals surface area contributed by atoms with E-state index in [1.807, 2.05) is 0 Å². The molecule has 0 bridgehead atoms. The Morgan fingerprint density at radius 2 is 1.61 bits per heavy atom. The van der Waals surface area contributed by atoms with Gasteiger partial charge in [-0.05, 0) is 55.7 Å². The highest BCUT2D eigenvalue weighted by Crippen LogP contribution is 2.25. The molecule has 8 heteroatoms. The molecule has 0 heterocycles. The third-order valence-corrected chi connectivity index (χ3v) is 5.64. The van der Waals surface area contributed by atoms with Gasteiger partial charge in [-0.2, -0.15) is 0 Å². The van der Waals surface area contributed by atoms with Crippen LogP contribution in [0.1, 0.15) is 87.9 Å². The summed E-state index contributed by atoms with van der Waals surface area (Å²) in [5.74, 6) is -0.430. The van der Waals surface area contributed by atoms with Crippen molar-refractivity contribution < 1.29 is 14.4 Å². The van der Waals surface area contributed by atoms with Crippen molar-refractivity contribution in [2.75, 3.05) is 5.32 Å². The fourth-order valence-electron chi connectivity index (χ4n) is 3.61. The lowest BCUT2D eigenvalue weighted by molar-refractivity contribution is -0.121. The summed E-state index contributed by atoms with van der Waals surface area (Å²) >= 11 is 5.04. The first-order chi connectivity index (χ1) is 15.0. The van der Waals surface area contributed by atoms with Crippen LogP contribution in [0.25, 0.3) is 0 Å². The van der Waals surface area contributed by atoms with E-state index in [9.17, 15) is 14.4 Å². The zero-order valence-corrected chi connectivity index (χ0v) is 19.1. The number of hydrazine groups is 1. The lowest BCUT2D eigenvalue weighted by Gasteiger charge is -2.20. The number of nitrogens with one attached hydrogen (secondary N) is 4. The summed E-state index contributed by atoms with van der Waals surface area (Å²) in [6.07, 6.45) is 11.0. The fraction of sp³-hybridized carbons (Fsp3) is 0.565. The molecule has 1 aliphatic rings. The van der Waals surface area contributed by atoms with Gasteiger partial charge in [0.05, 0.1) is 0 Å². The predicted molar refractivity (Wildman–Crippen MR) is 126 cm³/mol. The minimum absolute atomic E-state index is 0.0463. The minimum atomic E-state index is -0.388. The molecule has 1 aromatic rings. The number of hydrogen-bond donors (Lipinski definition) is 4. The van der Waals surface area contributed by atoms with E-state index in [2.05, 4.69) is 28.4 Å². The number of thiocarbonyl (C=S) groups is 1. The SMILES string of the molecule is CCCCCCCC(=O)NC(=S)NNC(=O)c1ccc(NC(=O)C2CCCCC2)cc1. The van der Waals surface area contributed by atoms with Crippen LogP contribution in [0.5, 0.6) is 0 Å². The normalized spacial score (nSPS) is 13.8. The van der Waals surface area contributed by atoms with E-state index in [0.29, 0.717) is 17.7 Å². The van der Waals surface area contributed by atoms with Crippen LogP contribution < -0.4 is 21.5 Å². The van der Waals surface area contributed by atoms with Crippen molar-refractivity contribution in [3.8, 4) is 0 Å². The van der Waals surface area contributed by atoms with Gasteiger partial charge in [-0.3, -0.25) is 25.2 Å². The molecule has 170 valence electrons. The average Bonchev–Trinajstić information content (AvgIpc) is 2.78. The van der Waals surface area contributed by atoms with E-state index in [0.717, 1.165) is 51.4 Å². The molecule has 7 nitrogen and oxygen atoms in total. The van der Waals surface area contributed by atoms with Gasteiger partial charge in [0.2, 0.25) is 11.8 Å². The number of carbonyl (C=O) groups excluding carboxylic acids is 3. The number of benzene rings is 1. The predicted octanol–water partition coefficient (Wildman–Crippen LogP) is 4.20. The van der Waals surface area contributed by atoms with Crippen LogP contribution in [0, 0.1) is 5.92 Å². The maximum Gasteiger partial charge on any atom is 0.269 e. The van der Waals surface area contributed by atoms with Crippen molar-refractivity contribution in [1.82, 2.24) is 16.2 Å². The van der Waals surface area contributed by atoms with Crippen LogP contribution in [0.3, 0.4) is 0 Å². The number of amides is 3. The van der Waals surface area contributed by atoms with Crippen molar-refractivity contribution >= 4 is 40.7 Å². The van der Waals surface area contributed by atoms with Crippen LogP contribution >= 0.6 is 12.2 Å². The van der Waals surface area contributed by atoms with Crippen molar-refractivity contribution in [2.24, 2.45) is 5.92 Å². The molecule has 0 radical (unpaired) electrons. The highest BCUT2D eigenvalue weighted by molar-refractivity contribution is 7.80. The maximum atomic E-state index is 12.3. The molecule has 1 aliphatic carbocycles. The summed E-state index contributed by atoms with van der Waals surface area (Å²) in [7, 11) is 0. The van der Waals surface area contributed by atoms with Crippen LogP contribution in [-0.4, -0.2) is 22.8 Å². The molecule has 0 unspecified atom stereocenters. The monoisotopic (exact) mass is 446 g/mol. The minimum Gasteiger partial charge on any atom is -0.326 e. The second kappa shape index (κ2) is 13.7. The Kier molecular flexibility index (Phi) is 11.0. The van der Waals surface area contributed by atoms with E-state index in [4.69, 9.17) is 12.2 Å². The molecule has 0 aromatic heterocycles. The molecule has 0 aliphatic heterocycles. The first kappa shape index (κ1) is 24.8. The topological polar surface area (TPSA) is 99.3 Å². The van der Waals surface area contributed by atoms with Crippen molar-refractivity contribution in [1.29, 1.82) is 0 Å². The molecule has 0 spiro atoms. The Hall–Kier alpha value is -2.48. The van der Waals surface area contributed by atoms with Gasteiger partial charge >= 0.3 is 0 Å². The Labute approximate surface area is 190 Å². The van der Waals surface area contributed by atoms with Crippen LogP contribution in [-0.2, 0) is 9.59 Å². The zero-order valence-electron chi connectivity index (χ0n) is 18.3. The molecule has 1 saturated carbocycles. The molecule has 31 heavy (non-hydrogen) atoms. The third-order valence-electron chi connectivity index (χ3n) is 5.44. The molecule has 1 aromatic carbocycles. The van der Waals surface area contributed by atoms with Gasteiger partial charge in [0.1, 0.15) is 0 Å². The van der Waals surface area contributed by atoms with Crippen LogP contribution in [0.2, 0.25) is 0 Å². The number of rotatable bonds is 9. The maximum absolute atomic E-state index is 12.3. The van der Waals surface area contributed by atoms with Gasteiger partial charge in [-0.1, -0.05) is 51.9 Å². The first-order valence-corrected chi connectivity index (χ1v) is 11.7. The quantitative estimate of drug-likeness (QED) is 0.259. The molecule has 3 amide bonds. The standard InChI is InChI=1S/C23H34N4O3S/c1-2-3-4-5-9-12-20(28)25-23(31)27-26-22(30)18-13-15-19(16-14-18)24-21(29)17-10-7-6-8-11-17/h13-17H,2-12H2,1H3,(H,24,29)(H,26,30)(H2,25,27,28,31). The van der Waals surface area contributed by atoms with Gasteiger partial charge in [0.15, 0.2) is 5.11 Å². The lowest BCUT2D eigenvalue weighted by atomic mass is 9.88. The van der Waals surface area contributed by atoms with Gasteiger partial charge in [0, 0.05) is 23.6 Å². The highest BCUT2D eigenvalue weighted by Gasteiger charge is 2.21. The summed E-state index contributed by atoms with van der Waals surface area (Å²) < 4.78 is 0. The van der Waals surface area contributed by atoms with Crippen molar-refractivity contribution in [2.45, 2.75) is 77.6 Å². The Morgan fingerprint density at radius 1 is 0.935 bits per heavy atom. The largest absolute Gasteiger partial charge is 0.326 e. The summed E-state index contributed by atoms with van der Waals surface area (Å²) in [6, 6.07) is 6.67. The molecule has 1 fully saturated rings. The second-order valence-electron chi connectivity index (χ2n) is 8.02. The summed E-state index contributed by atoms with van der Waals surface area (Å²) in [4.78, 5) is 36.4. The van der Waals surface area contributed by atoms with E-state index in [-0.39, 0.29) is 28.8 Å². The number of unbranched alkanes of at least 4 members (excludes halogenated alkanes) is 4. The van der Waals surface area contributed by atoms with Crippen LogP contribution in [0.4, 0.5) is 5.69 Å². The summed E-state index contributed by atoms with van der Waals surface area (Å²) in [5, 5.41) is 5.54. The van der Waals surface area contributed by atoms with Gasteiger partial charge < -0.3 is 10.6 Å². The molecule has 0 atom stereocenters. The Balaban J connectivity index is 1.68. The van der Waals surface area contributed by atoms with E-state index in [1.54, 1.807) is 24.3 Å². The zero-order chi connectivity index (χ0) is 22.5. The van der Waals surface area contributed by atoms with Crippen molar-refractivity contribution in [3.63, 3.8) is 0 Å². The molecular weight excluding hydrogens is 412 g/mol. The number of hydrogen-bond acceptors (Lipinski definition) is 4. The average molecular weight is 447 g/mol. The van der Waals surface area contributed by atoms with E-state index in [1.165, 1.54) is 12.8 Å². The number of anilines is 1. The van der Waals surface area contributed by atoms with Gasteiger partial charge in [0.25, 0.3) is 5.91 Å². The lowest BCUT2D eigenvalue weighted by Crippen LogP contribution is -2.48. The van der Waals surface area contributed by atoms with Crippen LogP contribution in [0.15, 0.2) is 24.3 Å². The Bertz CT molecular complexity index is 746. The van der Waals surface area contributed by atoms with E-state index >= 15 is 0 Å². The van der Waals surface area contributed by atoms with Gasteiger partial charge in [-0.25, -0.2) is 0 Å². The van der Waals surface area contributed by atoms with E-state index < -0.39 is 0 Å². The highest BCUT2D eigenvalue weighted by atomic mass is 32.1.